The van der Waals surface area contributed by atoms with E-state index in [1.807, 2.05) is 42.5 Å². The number of carbonyl (C=O) groups excluding carboxylic acids is 2. The molecule has 132 valence electrons. The third kappa shape index (κ3) is 4.39. The maximum atomic E-state index is 12.4. The maximum Gasteiger partial charge on any atom is 0.289 e. The monoisotopic (exact) mass is 348 g/mol. The van der Waals surface area contributed by atoms with Gasteiger partial charge in [0.15, 0.2) is 5.76 Å². The van der Waals surface area contributed by atoms with Crippen LogP contribution in [0.25, 0.3) is 0 Å². The van der Waals surface area contributed by atoms with Crippen molar-refractivity contribution < 1.29 is 14.0 Å². The van der Waals surface area contributed by atoms with Crippen LogP contribution < -0.4 is 5.32 Å². The van der Waals surface area contributed by atoms with Gasteiger partial charge in [-0.05, 0) is 35.7 Å². The van der Waals surface area contributed by atoms with Crippen molar-refractivity contribution in [2.24, 2.45) is 0 Å². The zero-order valence-electron chi connectivity index (χ0n) is 14.5. The van der Waals surface area contributed by atoms with Crippen molar-refractivity contribution in [3.63, 3.8) is 0 Å². The molecule has 1 heterocycles. The SMILES string of the molecule is CN(CC(=O)Nc1ccccc1Cc1ccccc1)C(=O)c1ccco1. The Labute approximate surface area is 152 Å². The van der Waals surface area contributed by atoms with Crippen molar-refractivity contribution in [2.45, 2.75) is 6.42 Å². The summed E-state index contributed by atoms with van der Waals surface area (Å²) in [5.74, 6) is -0.375. The number of rotatable bonds is 6. The van der Waals surface area contributed by atoms with Gasteiger partial charge in [0, 0.05) is 12.7 Å². The van der Waals surface area contributed by atoms with Crippen LogP contribution in [0.3, 0.4) is 0 Å². The predicted molar refractivity (Wildman–Crippen MR) is 100.0 cm³/mol. The Morgan fingerprint density at radius 1 is 0.962 bits per heavy atom. The van der Waals surface area contributed by atoms with Gasteiger partial charge in [0.1, 0.15) is 0 Å². The Bertz CT molecular complexity index is 873. The lowest BCUT2D eigenvalue weighted by Gasteiger charge is -2.16. The smallest absolute Gasteiger partial charge is 0.289 e. The van der Waals surface area contributed by atoms with Gasteiger partial charge in [-0.15, -0.1) is 0 Å². The van der Waals surface area contributed by atoms with Crippen LogP contribution >= 0.6 is 0 Å². The molecule has 5 heteroatoms. The highest BCUT2D eigenvalue weighted by molar-refractivity contribution is 5.98. The molecule has 0 spiro atoms. The fourth-order valence-electron chi connectivity index (χ4n) is 2.68. The lowest BCUT2D eigenvalue weighted by Crippen LogP contribution is -2.34. The molecule has 26 heavy (non-hydrogen) atoms. The third-order valence-corrected chi connectivity index (χ3v) is 3.99. The summed E-state index contributed by atoms with van der Waals surface area (Å²) in [5, 5.41) is 2.90. The molecule has 3 rings (SSSR count). The fraction of sp³-hybridized carbons (Fsp3) is 0.143. The molecule has 0 unspecified atom stereocenters. The van der Waals surface area contributed by atoms with Crippen LogP contribution in [-0.2, 0) is 11.2 Å². The summed E-state index contributed by atoms with van der Waals surface area (Å²) >= 11 is 0. The minimum atomic E-state index is -0.331. The Morgan fingerprint density at radius 3 is 2.42 bits per heavy atom. The summed E-state index contributed by atoms with van der Waals surface area (Å²) in [6.07, 6.45) is 2.15. The van der Waals surface area contributed by atoms with Gasteiger partial charge in [-0.1, -0.05) is 48.5 Å². The largest absolute Gasteiger partial charge is 0.459 e. The molecule has 1 N–H and O–H groups in total. The number of anilines is 1. The van der Waals surface area contributed by atoms with Crippen LogP contribution in [0.1, 0.15) is 21.7 Å². The maximum absolute atomic E-state index is 12.4. The molecule has 2 amide bonds. The van der Waals surface area contributed by atoms with Gasteiger partial charge < -0.3 is 14.6 Å². The highest BCUT2D eigenvalue weighted by Gasteiger charge is 2.17. The molecule has 0 radical (unpaired) electrons. The van der Waals surface area contributed by atoms with Crippen molar-refractivity contribution >= 4 is 17.5 Å². The van der Waals surface area contributed by atoms with Crippen LogP contribution in [0.2, 0.25) is 0 Å². The molecular formula is C21H20N2O3. The molecule has 1 aromatic heterocycles. The van der Waals surface area contributed by atoms with Crippen molar-refractivity contribution in [3.05, 3.63) is 89.9 Å². The van der Waals surface area contributed by atoms with E-state index in [9.17, 15) is 9.59 Å². The van der Waals surface area contributed by atoms with Gasteiger partial charge in [-0.2, -0.15) is 0 Å². The van der Waals surface area contributed by atoms with E-state index in [-0.39, 0.29) is 24.1 Å². The number of hydrogen-bond donors (Lipinski definition) is 1. The molecule has 0 atom stereocenters. The summed E-state index contributed by atoms with van der Waals surface area (Å²) in [6, 6.07) is 20.9. The topological polar surface area (TPSA) is 62.6 Å². The highest BCUT2D eigenvalue weighted by atomic mass is 16.3. The van der Waals surface area contributed by atoms with E-state index in [4.69, 9.17) is 4.42 Å². The summed E-state index contributed by atoms with van der Waals surface area (Å²) in [5.41, 5.74) is 2.94. The second-order valence-electron chi connectivity index (χ2n) is 6.01. The molecule has 3 aromatic rings. The van der Waals surface area contributed by atoms with Gasteiger partial charge in [0.25, 0.3) is 5.91 Å². The lowest BCUT2D eigenvalue weighted by molar-refractivity contribution is -0.116. The summed E-state index contributed by atoms with van der Waals surface area (Å²) in [4.78, 5) is 25.8. The second kappa shape index (κ2) is 8.16. The molecule has 2 aromatic carbocycles. The van der Waals surface area contributed by atoms with E-state index in [2.05, 4.69) is 17.4 Å². The summed E-state index contributed by atoms with van der Waals surface area (Å²) in [7, 11) is 1.57. The summed E-state index contributed by atoms with van der Waals surface area (Å²) < 4.78 is 5.08. The van der Waals surface area contributed by atoms with Gasteiger partial charge in [-0.25, -0.2) is 0 Å². The van der Waals surface area contributed by atoms with Gasteiger partial charge in [0.2, 0.25) is 5.91 Å². The van der Waals surface area contributed by atoms with E-state index in [0.717, 1.165) is 17.7 Å². The number of para-hydroxylation sites is 1. The Morgan fingerprint density at radius 2 is 1.69 bits per heavy atom. The Hall–Kier alpha value is -3.34. The standard InChI is InChI=1S/C21H20N2O3/c1-23(21(25)19-12-7-13-26-19)15-20(24)22-18-11-6-5-10-17(18)14-16-8-3-2-4-9-16/h2-13H,14-15H2,1H3,(H,22,24). The van der Waals surface area contributed by atoms with Crippen LogP contribution in [0.5, 0.6) is 0 Å². The van der Waals surface area contributed by atoms with Crippen LogP contribution in [-0.4, -0.2) is 30.3 Å². The normalized spacial score (nSPS) is 10.3. The van der Waals surface area contributed by atoms with E-state index in [0.29, 0.717) is 0 Å². The number of carbonyl (C=O) groups is 2. The number of likely N-dealkylation sites (N-methyl/N-ethyl adjacent to an activating group) is 1. The zero-order valence-corrected chi connectivity index (χ0v) is 14.5. The molecule has 0 aliphatic carbocycles. The minimum absolute atomic E-state index is 0.0563. The van der Waals surface area contributed by atoms with E-state index >= 15 is 0 Å². The van der Waals surface area contributed by atoms with E-state index in [1.54, 1.807) is 19.2 Å². The predicted octanol–water partition coefficient (Wildman–Crippen LogP) is 3.58. The fourth-order valence-corrected chi connectivity index (χ4v) is 2.68. The first kappa shape index (κ1) is 17.5. The Balaban J connectivity index is 1.65. The first-order valence-corrected chi connectivity index (χ1v) is 8.34. The molecular weight excluding hydrogens is 328 g/mol. The number of benzene rings is 2. The molecule has 0 aliphatic rings. The van der Waals surface area contributed by atoms with Gasteiger partial charge in [0.05, 0.1) is 12.8 Å². The highest BCUT2D eigenvalue weighted by Crippen LogP contribution is 2.19. The van der Waals surface area contributed by atoms with Crippen LogP contribution in [0, 0.1) is 0 Å². The zero-order chi connectivity index (χ0) is 18.4. The first-order chi connectivity index (χ1) is 12.6. The first-order valence-electron chi connectivity index (χ1n) is 8.34. The Kier molecular flexibility index (Phi) is 5.49. The third-order valence-electron chi connectivity index (χ3n) is 3.99. The van der Waals surface area contributed by atoms with Gasteiger partial charge >= 0.3 is 0 Å². The number of furan rings is 1. The lowest BCUT2D eigenvalue weighted by atomic mass is 10.0. The number of nitrogens with zero attached hydrogens (tertiary/aromatic N) is 1. The van der Waals surface area contributed by atoms with Crippen molar-refractivity contribution in [1.82, 2.24) is 4.90 Å². The van der Waals surface area contributed by atoms with Crippen molar-refractivity contribution in [3.8, 4) is 0 Å². The van der Waals surface area contributed by atoms with Crippen LogP contribution in [0.4, 0.5) is 5.69 Å². The van der Waals surface area contributed by atoms with Crippen LogP contribution in [0.15, 0.2) is 77.4 Å². The molecule has 0 aliphatic heterocycles. The van der Waals surface area contributed by atoms with Crippen molar-refractivity contribution in [2.75, 3.05) is 18.9 Å². The molecule has 5 nitrogen and oxygen atoms in total. The average Bonchev–Trinajstić information content (AvgIpc) is 3.18. The number of nitrogens with one attached hydrogen (secondary N) is 1. The summed E-state index contributed by atoms with van der Waals surface area (Å²) in [6.45, 7) is -0.0563. The number of hydrogen-bond acceptors (Lipinski definition) is 3. The van der Waals surface area contributed by atoms with Gasteiger partial charge in [-0.3, -0.25) is 9.59 Å². The quantitative estimate of drug-likeness (QED) is 0.740. The molecule has 0 saturated heterocycles. The molecule has 0 saturated carbocycles. The molecule has 0 bridgehead atoms. The van der Waals surface area contributed by atoms with E-state index in [1.165, 1.54) is 16.7 Å². The number of amides is 2. The molecule has 0 fully saturated rings. The minimum Gasteiger partial charge on any atom is -0.459 e. The second-order valence-corrected chi connectivity index (χ2v) is 6.01. The van der Waals surface area contributed by atoms with E-state index < -0.39 is 0 Å². The average molecular weight is 348 g/mol. The van der Waals surface area contributed by atoms with Crippen molar-refractivity contribution in [1.29, 1.82) is 0 Å².